The standard InChI is InChI=1S/2C17H21F3N4O2/c2*1-9-12(18)8-24(9)16-21-14-11(2-4-17(14,19)20)15(22-16)23-5-3-10(7-23)6-13(25)26/h2*9-10,12H,2-8H2,1H3,(H,25,26)/t9-,10+,12-;9-,10-,12-/m00/s1. The van der Waals surface area contributed by atoms with Gasteiger partial charge in [0, 0.05) is 63.0 Å². The minimum atomic E-state index is -3.01. The van der Waals surface area contributed by atoms with Crippen LogP contribution in [0.4, 0.5) is 49.9 Å². The summed E-state index contributed by atoms with van der Waals surface area (Å²) >= 11 is 0. The zero-order chi connectivity index (χ0) is 37.3. The Bertz CT molecular complexity index is 1610. The van der Waals surface area contributed by atoms with Gasteiger partial charge in [-0.05, 0) is 51.4 Å². The second-order valence-electron chi connectivity index (χ2n) is 15.0. The fourth-order valence-electron chi connectivity index (χ4n) is 8.10. The van der Waals surface area contributed by atoms with E-state index in [4.69, 9.17) is 10.2 Å². The summed E-state index contributed by atoms with van der Waals surface area (Å²) < 4.78 is 84.3. The lowest BCUT2D eigenvalue weighted by Crippen LogP contribution is -2.57. The molecule has 18 heteroatoms. The number of carboxylic acid groups (broad SMARTS) is 2. The molecule has 8 rings (SSSR count). The minimum Gasteiger partial charge on any atom is -0.481 e. The van der Waals surface area contributed by atoms with Gasteiger partial charge in [0.25, 0.3) is 11.8 Å². The molecule has 4 fully saturated rings. The van der Waals surface area contributed by atoms with E-state index in [1.165, 1.54) is 0 Å². The first-order chi connectivity index (χ1) is 24.5. The molecule has 0 bridgehead atoms. The van der Waals surface area contributed by atoms with Gasteiger partial charge in [-0.15, -0.1) is 0 Å². The van der Waals surface area contributed by atoms with E-state index in [1.54, 1.807) is 23.6 Å². The molecule has 0 unspecified atom stereocenters. The van der Waals surface area contributed by atoms with Crippen molar-refractivity contribution in [2.75, 3.05) is 58.9 Å². The number of fused-ring (bicyclic) bond motifs is 2. The molecular formula is C34H42F6N8O4. The highest BCUT2D eigenvalue weighted by Gasteiger charge is 2.48. The summed E-state index contributed by atoms with van der Waals surface area (Å²) in [6.07, 6.45) is -0.766. The number of carbonyl (C=O) groups is 2. The van der Waals surface area contributed by atoms with Gasteiger partial charge in [0.2, 0.25) is 11.9 Å². The normalized spacial score (nSPS) is 29.6. The highest BCUT2D eigenvalue weighted by Crippen LogP contribution is 2.47. The smallest absolute Gasteiger partial charge is 0.303 e. The summed E-state index contributed by atoms with van der Waals surface area (Å²) in [4.78, 5) is 46.1. The number of aromatic nitrogens is 4. The molecule has 0 aromatic carbocycles. The topological polar surface area (TPSA) is 139 Å². The van der Waals surface area contributed by atoms with E-state index in [0.29, 0.717) is 61.8 Å². The Morgan fingerprint density at radius 3 is 1.38 bits per heavy atom. The van der Waals surface area contributed by atoms with Crippen LogP contribution < -0.4 is 19.6 Å². The molecule has 0 spiro atoms. The second-order valence-corrected chi connectivity index (χ2v) is 15.0. The number of aliphatic carboxylic acids is 2. The molecular weight excluding hydrogens is 698 g/mol. The van der Waals surface area contributed by atoms with Crippen LogP contribution in [0.15, 0.2) is 0 Å². The maximum Gasteiger partial charge on any atom is 0.303 e. The summed E-state index contributed by atoms with van der Waals surface area (Å²) in [7, 11) is 0. The first-order valence-corrected chi connectivity index (χ1v) is 17.9. The first kappa shape index (κ1) is 36.2. The van der Waals surface area contributed by atoms with Crippen LogP contribution in [-0.4, -0.2) is 106 Å². The average molecular weight is 741 g/mol. The van der Waals surface area contributed by atoms with Crippen LogP contribution in [0.2, 0.25) is 0 Å². The number of rotatable bonds is 8. The number of nitrogens with zero attached hydrogens (tertiary/aromatic N) is 8. The lowest BCUT2D eigenvalue weighted by molar-refractivity contribution is -0.139. The average Bonchev–Trinajstić information content (AvgIpc) is 3.88. The number of hydrogen-bond donors (Lipinski definition) is 2. The van der Waals surface area contributed by atoms with Crippen LogP contribution in [-0.2, 0) is 34.3 Å². The van der Waals surface area contributed by atoms with Crippen LogP contribution in [0.1, 0.15) is 74.9 Å². The summed E-state index contributed by atoms with van der Waals surface area (Å²) in [5.41, 5.74) is 0.377. The van der Waals surface area contributed by atoms with Crippen molar-refractivity contribution in [3.8, 4) is 0 Å². The Hall–Kier alpha value is -4.12. The summed E-state index contributed by atoms with van der Waals surface area (Å²) in [6.45, 7) is 5.67. The molecule has 4 saturated heterocycles. The highest BCUT2D eigenvalue weighted by molar-refractivity contribution is 5.68. The fraction of sp³-hybridized carbons (Fsp3) is 0.706. The maximum atomic E-state index is 14.3. The lowest BCUT2D eigenvalue weighted by atomic mass is 10.0. The lowest BCUT2D eigenvalue weighted by Gasteiger charge is -2.42. The van der Waals surface area contributed by atoms with Crippen LogP contribution >= 0.6 is 0 Å². The third-order valence-corrected chi connectivity index (χ3v) is 11.4. The summed E-state index contributed by atoms with van der Waals surface area (Å²) in [6, 6.07) is -0.872. The summed E-state index contributed by atoms with van der Waals surface area (Å²) in [5, 5.41) is 18.0. The molecule has 52 heavy (non-hydrogen) atoms. The second kappa shape index (κ2) is 13.4. The van der Waals surface area contributed by atoms with E-state index in [-0.39, 0.29) is 86.7 Å². The van der Waals surface area contributed by atoms with Gasteiger partial charge in [-0.3, -0.25) is 9.59 Å². The van der Waals surface area contributed by atoms with Crippen molar-refractivity contribution in [3.63, 3.8) is 0 Å². The van der Waals surface area contributed by atoms with Gasteiger partial charge in [0.1, 0.15) is 35.4 Å². The molecule has 4 aliphatic heterocycles. The third-order valence-electron chi connectivity index (χ3n) is 11.4. The van der Waals surface area contributed by atoms with Gasteiger partial charge in [0.05, 0.1) is 25.2 Å². The maximum absolute atomic E-state index is 14.3. The molecule has 0 amide bonds. The molecule has 6 heterocycles. The predicted octanol–water partition coefficient (Wildman–Crippen LogP) is 4.72. The van der Waals surface area contributed by atoms with Gasteiger partial charge < -0.3 is 29.8 Å². The van der Waals surface area contributed by atoms with E-state index >= 15 is 0 Å². The Labute approximate surface area is 296 Å². The van der Waals surface area contributed by atoms with Gasteiger partial charge in [-0.25, -0.2) is 18.7 Å². The van der Waals surface area contributed by atoms with E-state index in [9.17, 15) is 35.9 Å². The fourth-order valence-corrected chi connectivity index (χ4v) is 8.10. The Morgan fingerprint density at radius 2 is 1.06 bits per heavy atom. The molecule has 2 aliphatic carbocycles. The third kappa shape index (κ3) is 6.65. The molecule has 2 aromatic heterocycles. The Morgan fingerprint density at radius 1 is 0.673 bits per heavy atom. The number of anilines is 4. The first-order valence-electron chi connectivity index (χ1n) is 17.9. The number of alkyl halides is 6. The SMILES string of the molecule is C[C@H]1[C@@H](F)CN1c1nc(N2CC[C@@H](CC(=O)O)C2)c2c(n1)C(F)(F)CC2.C[C@H]1[C@@H](F)CN1c1nc(N2CC[C@H](CC(=O)O)C2)c2c(n1)C(F)(F)CC2. The monoisotopic (exact) mass is 740 g/mol. The zero-order valence-corrected chi connectivity index (χ0v) is 28.9. The molecule has 12 nitrogen and oxygen atoms in total. The van der Waals surface area contributed by atoms with Crippen LogP contribution in [0, 0.1) is 11.8 Å². The van der Waals surface area contributed by atoms with Crippen molar-refractivity contribution in [1.29, 1.82) is 0 Å². The van der Waals surface area contributed by atoms with E-state index < -0.39 is 48.2 Å². The molecule has 2 aromatic rings. The molecule has 0 radical (unpaired) electrons. The van der Waals surface area contributed by atoms with Crippen molar-refractivity contribution in [2.45, 2.75) is 101 Å². The molecule has 284 valence electrons. The minimum absolute atomic E-state index is 0.0263. The molecule has 6 aliphatic rings. The molecule has 0 saturated carbocycles. The van der Waals surface area contributed by atoms with Gasteiger partial charge in [-0.1, -0.05) is 0 Å². The molecule has 6 atom stereocenters. The van der Waals surface area contributed by atoms with Crippen molar-refractivity contribution in [3.05, 3.63) is 22.5 Å². The van der Waals surface area contributed by atoms with Gasteiger partial charge in [-0.2, -0.15) is 27.5 Å². The largest absolute Gasteiger partial charge is 0.481 e. The van der Waals surface area contributed by atoms with E-state index in [0.717, 1.165) is 0 Å². The van der Waals surface area contributed by atoms with Crippen LogP contribution in [0.5, 0.6) is 0 Å². The van der Waals surface area contributed by atoms with Crippen molar-refractivity contribution < 1.29 is 46.1 Å². The van der Waals surface area contributed by atoms with E-state index in [1.807, 2.05) is 9.80 Å². The Balaban J connectivity index is 0.000000162. The van der Waals surface area contributed by atoms with Crippen molar-refractivity contribution in [1.82, 2.24) is 19.9 Å². The number of carboxylic acids is 2. The van der Waals surface area contributed by atoms with Crippen molar-refractivity contribution >= 4 is 35.5 Å². The number of halogens is 6. The Kier molecular flexibility index (Phi) is 9.33. The zero-order valence-electron chi connectivity index (χ0n) is 28.9. The molecule has 2 N–H and O–H groups in total. The van der Waals surface area contributed by atoms with Crippen LogP contribution in [0.3, 0.4) is 0 Å². The highest BCUT2D eigenvalue weighted by atomic mass is 19.3. The van der Waals surface area contributed by atoms with Gasteiger partial charge in [0.15, 0.2) is 0 Å². The summed E-state index contributed by atoms with van der Waals surface area (Å²) in [5.74, 6) is -6.58. The van der Waals surface area contributed by atoms with E-state index in [2.05, 4.69) is 19.9 Å². The van der Waals surface area contributed by atoms with Gasteiger partial charge >= 0.3 is 11.9 Å². The van der Waals surface area contributed by atoms with Crippen LogP contribution in [0.25, 0.3) is 0 Å². The quantitative estimate of drug-likeness (QED) is 0.362. The van der Waals surface area contributed by atoms with Crippen molar-refractivity contribution in [2.24, 2.45) is 11.8 Å². The predicted molar refractivity (Wildman–Crippen MR) is 177 cm³/mol. The number of hydrogen-bond acceptors (Lipinski definition) is 10.